The minimum atomic E-state index is -0.0267. The highest BCUT2D eigenvalue weighted by Gasteiger charge is 2.25. The zero-order valence-electron chi connectivity index (χ0n) is 14.4. The molecule has 2 aromatic rings. The second kappa shape index (κ2) is 7.27. The number of imidazole rings is 1. The van der Waals surface area contributed by atoms with Crippen LogP contribution in [-0.4, -0.2) is 33.6 Å². The first-order chi connectivity index (χ1) is 12.3. The van der Waals surface area contributed by atoms with Gasteiger partial charge < -0.3 is 19.5 Å². The van der Waals surface area contributed by atoms with Gasteiger partial charge in [-0.1, -0.05) is 30.3 Å². The molecule has 6 heteroatoms. The van der Waals surface area contributed by atoms with Crippen molar-refractivity contribution >= 4 is 6.03 Å². The summed E-state index contributed by atoms with van der Waals surface area (Å²) >= 11 is 0. The van der Waals surface area contributed by atoms with E-state index in [-0.39, 0.29) is 6.03 Å². The van der Waals surface area contributed by atoms with Crippen molar-refractivity contribution in [2.24, 2.45) is 5.92 Å². The van der Waals surface area contributed by atoms with Gasteiger partial charge in [0.25, 0.3) is 0 Å². The lowest BCUT2D eigenvalue weighted by molar-refractivity contribution is 0.107. The number of nitrogens with zero attached hydrogens (tertiary/aromatic N) is 3. The van der Waals surface area contributed by atoms with Crippen LogP contribution in [0, 0.1) is 5.92 Å². The Morgan fingerprint density at radius 2 is 2.08 bits per heavy atom. The van der Waals surface area contributed by atoms with E-state index < -0.39 is 0 Å². The van der Waals surface area contributed by atoms with Gasteiger partial charge in [0.15, 0.2) is 0 Å². The number of aromatic nitrogens is 2. The number of fused-ring (bicyclic) bond motifs is 1. The molecule has 1 fully saturated rings. The van der Waals surface area contributed by atoms with Crippen LogP contribution in [0.1, 0.15) is 29.8 Å². The fourth-order valence-electron chi connectivity index (χ4n) is 3.10. The van der Waals surface area contributed by atoms with Gasteiger partial charge >= 0.3 is 6.03 Å². The predicted molar refractivity (Wildman–Crippen MR) is 93.7 cm³/mol. The Morgan fingerprint density at radius 3 is 2.88 bits per heavy atom. The van der Waals surface area contributed by atoms with Crippen molar-refractivity contribution < 1.29 is 9.53 Å². The number of amides is 2. The van der Waals surface area contributed by atoms with Crippen LogP contribution in [-0.2, 0) is 31.0 Å². The van der Waals surface area contributed by atoms with E-state index in [2.05, 4.69) is 14.9 Å². The van der Waals surface area contributed by atoms with Crippen molar-refractivity contribution in [2.45, 2.75) is 39.1 Å². The third kappa shape index (κ3) is 4.02. The molecule has 1 aliphatic heterocycles. The van der Waals surface area contributed by atoms with Gasteiger partial charge in [0, 0.05) is 26.2 Å². The number of nitrogens with one attached hydrogen (secondary N) is 1. The Morgan fingerprint density at radius 1 is 1.24 bits per heavy atom. The highest BCUT2D eigenvalue weighted by molar-refractivity contribution is 5.74. The Bertz CT molecular complexity index is 724. The molecular weight excluding hydrogens is 316 g/mol. The van der Waals surface area contributed by atoms with Gasteiger partial charge in [-0.15, -0.1) is 0 Å². The lowest BCUT2D eigenvalue weighted by atomic mass is 10.2. The molecule has 2 heterocycles. The van der Waals surface area contributed by atoms with E-state index in [1.54, 1.807) is 0 Å². The third-order valence-corrected chi connectivity index (χ3v) is 4.85. The number of rotatable bonds is 6. The zero-order valence-corrected chi connectivity index (χ0v) is 14.4. The molecule has 1 aromatic heterocycles. The molecule has 1 N–H and O–H groups in total. The number of hydrogen-bond donors (Lipinski definition) is 1. The number of urea groups is 1. The number of hydrogen-bond acceptors (Lipinski definition) is 3. The molecule has 0 unspecified atom stereocenters. The SMILES string of the molecule is O=C(NCc1ccccc1)N1CCn2cnc(COCC3CC3)c2C1. The van der Waals surface area contributed by atoms with Crippen LogP contribution in [0.4, 0.5) is 4.79 Å². The summed E-state index contributed by atoms with van der Waals surface area (Å²) in [5.41, 5.74) is 3.16. The molecule has 25 heavy (non-hydrogen) atoms. The topological polar surface area (TPSA) is 59.4 Å². The molecule has 2 aliphatic rings. The normalized spacial score (nSPS) is 16.6. The minimum absolute atomic E-state index is 0.0267. The molecule has 0 bridgehead atoms. The second-order valence-corrected chi connectivity index (χ2v) is 6.86. The average Bonchev–Trinajstić information content (AvgIpc) is 3.39. The maximum absolute atomic E-state index is 12.5. The number of carbonyl (C=O) groups is 1. The predicted octanol–water partition coefficient (Wildman–Crippen LogP) is 2.54. The summed E-state index contributed by atoms with van der Waals surface area (Å²) in [5.74, 6) is 0.749. The van der Waals surface area contributed by atoms with Crippen LogP contribution < -0.4 is 5.32 Å². The van der Waals surface area contributed by atoms with Gasteiger partial charge in [-0.25, -0.2) is 9.78 Å². The standard InChI is InChI=1S/C19H24N4O2/c24-19(20-10-15-4-2-1-3-5-15)22-8-9-23-14-21-17(18(23)11-22)13-25-12-16-6-7-16/h1-5,14,16H,6-13H2,(H,20,24). The average molecular weight is 340 g/mol. The Balaban J connectivity index is 1.32. The number of benzene rings is 1. The fourth-order valence-corrected chi connectivity index (χ4v) is 3.10. The Labute approximate surface area is 147 Å². The molecule has 0 spiro atoms. The number of carbonyl (C=O) groups excluding carboxylic acids is 1. The van der Waals surface area contributed by atoms with E-state index in [0.717, 1.165) is 36.0 Å². The molecule has 6 nitrogen and oxygen atoms in total. The van der Waals surface area contributed by atoms with E-state index in [1.807, 2.05) is 41.6 Å². The van der Waals surface area contributed by atoms with Crippen LogP contribution in [0.3, 0.4) is 0 Å². The monoisotopic (exact) mass is 340 g/mol. The van der Waals surface area contributed by atoms with E-state index >= 15 is 0 Å². The van der Waals surface area contributed by atoms with E-state index in [1.165, 1.54) is 12.8 Å². The summed E-state index contributed by atoms with van der Waals surface area (Å²) in [4.78, 5) is 18.8. The van der Waals surface area contributed by atoms with Crippen LogP contribution in [0.15, 0.2) is 36.7 Å². The first kappa shape index (κ1) is 16.1. The highest BCUT2D eigenvalue weighted by atomic mass is 16.5. The largest absolute Gasteiger partial charge is 0.375 e. The van der Waals surface area contributed by atoms with Crippen LogP contribution in [0.5, 0.6) is 0 Å². The maximum atomic E-state index is 12.5. The second-order valence-electron chi connectivity index (χ2n) is 6.86. The molecule has 132 valence electrons. The molecule has 0 radical (unpaired) electrons. The summed E-state index contributed by atoms with van der Waals surface area (Å²) in [5, 5.41) is 3.00. The van der Waals surface area contributed by atoms with Gasteiger partial charge in [0.1, 0.15) is 0 Å². The van der Waals surface area contributed by atoms with Gasteiger partial charge in [-0.05, 0) is 24.3 Å². The summed E-state index contributed by atoms with van der Waals surface area (Å²) in [7, 11) is 0. The minimum Gasteiger partial charge on any atom is -0.375 e. The Kier molecular flexibility index (Phi) is 4.70. The molecule has 0 atom stereocenters. The molecule has 1 aliphatic carbocycles. The summed E-state index contributed by atoms with van der Waals surface area (Å²) in [6.07, 6.45) is 4.44. The van der Waals surface area contributed by atoms with Gasteiger partial charge in [0.2, 0.25) is 0 Å². The highest BCUT2D eigenvalue weighted by Crippen LogP contribution is 2.29. The van der Waals surface area contributed by atoms with Crippen molar-refractivity contribution in [3.05, 3.63) is 53.6 Å². The lowest BCUT2D eigenvalue weighted by Crippen LogP contribution is -2.44. The fraction of sp³-hybridized carbons (Fsp3) is 0.474. The van der Waals surface area contributed by atoms with Gasteiger partial charge in [-0.2, -0.15) is 0 Å². The lowest BCUT2D eigenvalue weighted by Gasteiger charge is -2.29. The van der Waals surface area contributed by atoms with Crippen molar-refractivity contribution in [2.75, 3.05) is 13.2 Å². The Hall–Kier alpha value is -2.34. The first-order valence-corrected chi connectivity index (χ1v) is 8.97. The van der Waals surface area contributed by atoms with E-state index in [0.29, 0.717) is 26.2 Å². The van der Waals surface area contributed by atoms with Gasteiger partial charge in [-0.3, -0.25) is 0 Å². The van der Waals surface area contributed by atoms with Gasteiger partial charge in [0.05, 0.1) is 30.9 Å². The van der Waals surface area contributed by atoms with Crippen LogP contribution >= 0.6 is 0 Å². The van der Waals surface area contributed by atoms with Crippen LogP contribution in [0.25, 0.3) is 0 Å². The maximum Gasteiger partial charge on any atom is 0.318 e. The molecule has 1 saturated carbocycles. The van der Waals surface area contributed by atoms with Crippen molar-refractivity contribution in [3.8, 4) is 0 Å². The van der Waals surface area contributed by atoms with Crippen molar-refractivity contribution in [1.29, 1.82) is 0 Å². The molecule has 2 amide bonds. The summed E-state index contributed by atoms with van der Waals surface area (Å²) < 4.78 is 7.91. The zero-order chi connectivity index (χ0) is 17.1. The van der Waals surface area contributed by atoms with Crippen LogP contribution in [0.2, 0.25) is 0 Å². The first-order valence-electron chi connectivity index (χ1n) is 8.97. The quantitative estimate of drug-likeness (QED) is 0.879. The van der Waals surface area contributed by atoms with E-state index in [9.17, 15) is 4.79 Å². The third-order valence-electron chi connectivity index (χ3n) is 4.85. The van der Waals surface area contributed by atoms with Crippen molar-refractivity contribution in [1.82, 2.24) is 19.8 Å². The summed E-state index contributed by atoms with van der Waals surface area (Å²) in [6, 6.07) is 9.94. The molecule has 1 aromatic carbocycles. The molecular formula is C19H24N4O2. The molecule has 4 rings (SSSR count). The summed E-state index contributed by atoms with van der Waals surface area (Å²) in [6.45, 7) is 3.98. The molecule has 0 saturated heterocycles. The number of ether oxygens (including phenoxy) is 1. The smallest absolute Gasteiger partial charge is 0.318 e. The van der Waals surface area contributed by atoms with E-state index in [4.69, 9.17) is 4.74 Å². The van der Waals surface area contributed by atoms with Crippen molar-refractivity contribution in [3.63, 3.8) is 0 Å².